The molecule has 0 bridgehead atoms. The van der Waals surface area contributed by atoms with Crippen molar-refractivity contribution in [3.63, 3.8) is 0 Å². The molecule has 8 nitrogen and oxygen atoms in total. The molecule has 1 saturated heterocycles. The molecule has 2 aromatic rings. The standard InChI is InChI=1S/C29H37N3O5S2/c1-37-21-13-11-19(12-14-21)15-26(38-17-20-7-3-2-4-8-20)23(31-28(35)24-18-39-29(36)32-24)16-30-27(34)22-9-5-6-10-25(22)33/h5-6,9-14,20,23-24,26,33H,2-4,7-8,15-18H2,1H3,(H,30,34)(H,31,35)(H,32,36)/t23?,24-,26?/m0/s1. The van der Waals surface area contributed by atoms with Gasteiger partial charge in [-0.25, -0.2) is 0 Å². The summed E-state index contributed by atoms with van der Waals surface area (Å²) in [5.74, 6) is 2.02. The van der Waals surface area contributed by atoms with Crippen molar-refractivity contribution in [1.82, 2.24) is 16.0 Å². The third kappa shape index (κ3) is 8.57. The van der Waals surface area contributed by atoms with E-state index >= 15 is 0 Å². The molecule has 2 unspecified atom stereocenters. The number of carbonyl (C=O) groups excluding carboxylic acids is 3. The van der Waals surface area contributed by atoms with Crippen LogP contribution in [0.25, 0.3) is 0 Å². The largest absolute Gasteiger partial charge is 0.507 e. The highest BCUT2D eigenvalue weighted by Crippen LogP contribution is 2.31. The smallest absolute Gasteiger partial charge is 0.279 e. The molecule has 4 N–H and O–H groups in total. The van der Waals surface area contributed by atoms with Gasteiger partial charge in [0, 0.05) is 17.5 Å². The number of methoxy groups -OCH3 is 1. The van der Waals surface area contributed by atoms with E-state index < -0.39 is 18.0 Å². The first-order chi connectivity index (χ1) is 18.9. The van der Waals surface area contributed by atoms with E-state index in [2.05, 4.69) is 16.0 Å². The second-order valence-electron chi connectivity index (χ2n) is 10.1. The van der Waals surface area contributed by atoms with Crippen LogP contribution in [-0.4, -0.2) is 64.7 Å². The van der Waals surface area contributed by atoms with Gasteiger partial charge in [-0.05, 0) is 60.8 Å². The molecule has 10 heteroatoms. The average molecular weight is 572 g/mol. The Labute approximate surface area is 238 Å². The summed E-state index contributed by atoms with van der Waals surface area (Å²) in [5, 5.41) is 18.7. The Kier molecular flexibility index (Phi) is 10.8. The second-order valence-corrected chi connectivity index (χ2v) is 12.3. The van der Waals surface area contributed by atoms with Gasteiger partial charge in [0.25, 0.3) is 11.1 Å². The molecule has 210 valence electrons. The lowest BCUT2D eigenvalue weighted by Gasteiger charge is -2.31. The van der Waals surface area contributed by atoms with Gasteiger partial charge in [-0.3, -0.25) is 14.4 Å². The minimum Gasteiger partial charge on any atom is -0.507 e. The first kappa shape index (κ1) is 29.1. The molecule has 1 aliphatic carbocycles. The van der Waals surface area contributed by atoms with Gasteiger partial charge in [-0.15, -0.1) is 0 Å². The topological polar surface area (TPSA) is 117 Å². The molecule has 0 spiro atoms. The van der Waals surface area contributed by atoms with Gasteiger partial charge in [0.2, 0.25) is 5.91 Å². The van der Waals surface area contributed by atoms with E-state index in [-0.39, 0.29) is 34.3 Å². The van der Waals surface area contributed by atoms with Crippen LogP contribution in [0.3, 0.4) is 0 Å². The van der Waals surface area contributed by atoms with Gasteiger partial charge in [0.1, 0.15) is 17.5 Å². The molecule has 1 saturated carbocycles. The summed E-state index contributed by atoms with van der Waals surface area (Å²) >= 11 is 2.93. The number of phenols is 1. The lowest BCUT2D eigenvalue weighted by Crippen LogP contribution is -2.54. The fraction of sp³-hybridized carbons (Fsp3) is 0.483. The predicted molar refractivity (Wildman–Crippen MR) is 157 cm³/mol. The molecule has 2 aliphatic rings. The molecule has 1 aliphatic heterocycles. The van der Waals surface area contributed by atoms with E-state index in [1.54, 1.807) is 25.3 Å². The van der Waals surface area contributed by atoms with Crippen LogP contribution in [0.1, 0.15) is 48.0 Å². The first-order valence-corrected chi connectivity index (χ1v) is 15.5. The number of thioether (sulfide) groups is 2. The number of para-hydroxylation sites is 1. The van der Waals surface area contributed by atoms with E-state index in [1.165, 1.54) is 38.2 Å². The summed E-state index contributed by atoms with van der Waals surface area (Å²) in [5.41, 5.74) is 1.29. The maximum absolute atomic E-state index is 13.2. The number of amides is 3. The van der Waals surface area contributed by atoms with Crippen molar-refractivity contribution in [3.05, 3.63) is 59.7 Å². The molecule has 1 heterocycles. The summed E-state index contributed by atoms with van der Waals surface area (Å²) in [6.07, 6.45) is 6.92. The monoisotopic (exact) mass is 571 g/mol. The molecule has 3 amide bonds. The van der Waals surface area contributed by atoms with E-state index in [0.29, 0.717) is 18.1 Å². The maximum atomic E-state index is 13.2. The van der Waals surface area contributed by atoms with Crippen LogP contribution >= 0.6 is 23.5 Å². The average Bonchev–Trinajstić information content (AvgIpc) is 3.40. The molecular formula is C29H37N3O5S2. The van der Waals surface area contributed by atoms with Gasteiger partial charge >= 0.3 is 0 Å². The van der Waals surface area contributed by atoms with Crippen LogP contribution in [0.5, 0.6) is 11.5 Å². The number of carbonyl (C=O) groups is 3. The summed E-state index contributed by atoms with van der Waals surface area (Å²) in [6.45, 7) is 0.186. The van der Waals surface area contributed by atoms with Crippen LogP contribution in [0.4, 0.5) is 4.79 Å². The minimum absolute atomic E-state index is 0.0290. The van der Waals surface area contributed by atoms with Crippen molar-refractivity contribution in [2.45, 2.75) is 55.9 Å². The fourth-order valence-electron chi connectivity index (χ4n) is 4.97. The van der Waals surface area contributed by atoms with E-state index in [1.807, 2.05) is 36.0 Å². The van der Waals surface area contributed by atoms with Crippen molar-refractivity contribution < 1.29 is 24.2 Å². The number of hydrogen-bond acceptors (Lipinski definition) is 7. The summed E-state index contributed by atoms with van der Waals surface area (Å²) in [4.78, 5) is 37.9. The lowest BCUT2D eigenvalue weighted by atomic mass is 9.91. The zero-order valence-electron chi connectivity index (χ0n) is 22.2. The van der Waals surface area contributed by atoms with Gasteiger partial charge in [0.05, 0.1) is 18.7 Å². The van der Waals surface area contributed by atoms with E-state index in [4.69, 9.17) is 4.74 Å². The molecule has 4 rings (SSSR count). The Morgan fingerprint density at radius 3 is 2.54 bits per heavy atom. The highest BCUT2D eigenvalue weighted by molar-refractivity contribution is 8.14. The Bertz CT molecular complexity index is 1120. The summed E-state index contributed by atoms with van der Waals surface area (Å²) in [7, 11) is 1.64. The molecule has 2 aromatic carbocycles. The quantitative estimate of drug-likeness (QED) is 0.299. The SMILES string of the molecule is COc1ccc(CC(SCC2CCCCC2)C(CNC(=O)c2ccccc2O)NC(=O)[C@@H]2CSC(=O)N2)cc1. The Morgan fingerprint density at radius 2 is 1.87 bits per heavy atom. The molecule has 0 aromatic heterocycles. The third-order valence-corrected chi connectivity index (χ3v) is 9.73. The van der Waals surface area contributed by atoms with Crippen LogP contribution in [0.15, 0.2) is 48.5 Å². The molecule has 3 atom stereocenters. The number of aromatic hydroxyl groups is 1. The summed E-state index contributed by atoms with van der Waals surface area (Å²) in [6, 6.07) is 13.3. The van der Waals surface area contributed by atoms with Crippen LogP contribution in [-0.2, 0) is 11.2 Å². The zero-order valence-corrected chi connectivity index (χ0v) is 23.8. The van der Waals surface area contributed by atoms with Gasteiger partial charge in [-0.2, -0.15) is 11.8 Å². The number of hydrogen-bond donors (Lipinski definition) is 4. The summed E-state index contributed by atoms with van der Waals surface area (Å²) < 4.78 is 5.32. The van der Waals surface area contributed by atoms with Crippen molar-refractivity contribution in [2.75, 3.05) is 25.2 Å². The number of benzene rings is 2. The van der Waals surface area contributed by atoms with Crippen molar-refractivity contribution in [3.8, 4) is 11.5 Å². The van der Waals surface area contributed by atoms with Gasteiger partial charge < -0.3 is 25.8 Å². The van der Waals surface area contributed by atoms with Crippen molar-refractivity contribution in [2.24, 2.45) is 5.92 Å². The van der Waals surface area contributed by atoms with E-state index in [0.717, 1.165) is 28.8 Å². The lowest BCUT2D eigenvalue weighted by molar-refractivity contribution is -0.123. The third-order valence-electron chi connectivity index (χ3n) is 7.26. The van der Waals surface area contributed by atoms with Crippen LogP contribution in [0.2, 0.25) is 0 Å². The molecule has 39 heavy (non-hydrogen) atoms. The number of rotatable bonds is 12. The number of ether oxygens (including phenoxy) is 1. The Balaban J connectivity index is 1.53. The van der Waals surface area contributed by atoms with Gasteiger partial charge in [-0.1, -0.05) is 55.3 Å². The fourth-order valence-corrected chi connectivity index (χ4v) is 7.31. The molecule has 2 fully saturated rings. The van der Waals surface area contributed by atoms with Gasteiger partial charge in [0.15, 0.2) is 0 Å². The second kappa shape index (κ2) is 14.5. The van der Waals surface area contributed by atoms with Crippen LogP contribution < -0.4 is 20.7 Å². The number of nitrogens with one attached hydrogen (secondary N) is 3. The Hall–Kier alpha value is -2.85. The highest BCUT2D eigenvalue weighted by Gasteiger charge is 2.32. The maximum Gasteiger partial charge on any atom is 0.279 e. The van der Waals surface area contributed by atoms with Crippen molar-refractivity contribution in [1.29, 1.82) is 0 Å². The van der Waals surface area contributed by atoms with Crippen LogP contribution in [0, 0.1) is 5.92 Å². The predicted octanol–water partition coefficient (Wildman–Crippen LogP) is 4.37. The molecule has 0 radical (unpaired) electrons. The first-order valence-electron chi connectivity index (χ1n) is 13.5. The van der Waals surface area contributed by atoms with E-state index in [9.17, 15) is 19.5 Å². The van der Waals surface area contributed by atoms with Crippen molar-refractivity contribution >= 4 is 40.6 Å². The molecular weight excluding hydrogens is 534 g/mol. The number of phenolic OH excluding ortho intramolecular Hbond substituents is 1. The minimum atomic E-state index is -0.608. The Morgan fingerprint density at radius 1 is 1.13 bits per heavy atom. The normalized spacial score (nSPS) is 19.1. The zero-order chi connectivity index (χ0) is 27.6. The highest BCUT2D eigenvalue weighted by atomic mass is 32.2.